The van der Waals surface area contributed by atoms with Crippen LogP contribution in [0.4, 0.5) is 0 Å². The number of aliphatic hydroxyl groups excluding tert-OH is 1. The predicted molar refractivity (Wildman–Crippen MR) is 70.3 cm³/mol. The molecule has 0 spiro atoms. The van der Waals surface area contributed by atoms with E-state index in [0.717, 1.165) is 23.3 Å². The highest BCUT2D eigenvalue weighted by molar-refractivity contribution is 5.39. The van der Waals surface area contributed by atoms with E-state index in [1.54, 1.807) is 0 Å². The van der Waals surface area contributed by atoms with Crippen LogP contribution >= 0.6 is 0 Å². The quantitative estimate of drug-likeness (QED) is 0.797. The van der Waals surface area contributed by atoms with E-state index in [1.807, 2.05) is 39.0 Å². The summed E-state index contributed by atoms with van der Waals surface area (Å²) in [5.74, 6) is 0.881. The van der Waals surface area contributed by atoms with Gasteiger partial charge in [-0.25, -0.2) is 0 Å². The summed E-state index contributed by atoms with van der Waals surface area (Å²) in [5.41, 5.74) is 7.63. The normalized spacial score (nSPS) is 14.4. The lowest BCUT2D eigenvalue weighted by molar-refractivity contribution is 0.0401. The molecule has 0 fully saturated rings. The monoisotopic (exact) mass is 237 g/mol. The third-order valence-electron chi connectivity index (χ3n) is 2.96. The smallest absolute Gasteiger partial charge is 0.125 e. The average molecular weight is 237 g/mol. The molecule has 1 rings (SSSR count). The third kappa shape index (κ3) is 4.02. The zero-order valence-electron chi connectivity index (χ0n) is 10.9. The van der Waals surface area contributed by atoms with Crippen molar-refractivity contribution in [2.45, 2.75) is 45.8 Å². The SMILES string of the molecule is Cc1cccc(C)c1OC(C)C(O)CCCN. The van der Waals surface area contributed by atoms with Crippen molar-refractivity contribution in [3.63, 3.8) is 0 Å². The van der Waals surface area contributed by atoms with E-state index in [1.165, 1.54) is 0 Å². The van der Waals surface area contributed by atoms with E-state index in [0.29, 0.717) is 13.0 Å². The Morgan fingerprint density at radius 1 is 1.29 bits per heavy atom. The molecule has 0 amide bonds. The summed E-state index contributed by atoms with van der Waals surface area (Å²) in [6.45, 7) is 6.53. The molecule has 0 aliphatic carbocycles. The lowest BCUT2D eigenvalue weighted by atomic mass is 10.1. The number of ether oxygens (including phenoxy) is 1. The van der Waals surface area contributed by atoms with E-state index in [4.69, 9.17) is 10.5 Å². The molecule has 3 heteroatoms. The molecule has 0 saturated carbocycles. The van der Waals surface area contributed by atoms with E-state index < -0.39 is 6.10 Å². The van der Waals surface area contributed by atoms with Gasteiger partial charge >= 0.3 is 0 Å². The summed E-state index contributed by atoms with van der Waals surface area (Å²) in [7, 11) is 0. The van der Waals surface area contributed by atoms with Gasteiger partial charge in [0.05, 0.1) is 6.10 Å². The van der Waals surface area contributed by atoms with Gasteiger partial charge in [-0.15, -0.1) is 0 Å². The minimum Gasteiger partial charge on any atom is -0.487 e. The van der Waals surface area contributed by atoms with Crippen LogP contribution in [-0.4, -0.2) is 23.9 Å². The van der Waals surface area contributed by atoms with E-state index >= 15 is 0 Å². The maximum Gasteiger partial charge on any atom is 0.125 e. The van der Waals surface area contributed by atoms with Gasteiger partial charge in [0.15, 0.2) is 0 Å². The fourth-order valence-corrected chi connectivity index (χ4v) is 1.81. The Labute approximate surface area is 104 Å². The lowest BCUT2D eigenvalue weighted by Crippen LogP contribution is -2.29. The van der Waals surface area contributed by atoms with Gasteiger partial charge in [0.2, 0.25) is 0 Å². The van der Waals surface area contributed by atoms with Crippen molar-refractivity contribution in [1.82, 2.24) is 0 Å². The van der Waals surface area contributed by atoms with Gasteiger partial charge in [0.25, 0.3) is 0 Å². The molecule has 0 aliphatic heterocycles. The minimum absolute atomic E-state index is 0.207. The topological polar surface area (TPSA) is 55.5 Å². The Morgan fingerprint density at radius 2 is 1.88 bits per heavy atom. The summed E-state index contributed by atoms with van der Waals surface area (Å²) in [6, 6.07) is 6.04. The van der Waals surface area contributed by atoms with E-state index in [2.05, 4.69) is 0 Å². The number of benzene rings is 1. The number of hydrogen-bond acceptors (Lipinski definition) is 3. The molecule has 0 aromatic heterocycles. The average Bonchev–Trinajstić information content (AvgIpc) is 2.30. The summed E-state index contributed by atoms with van der Waals surface area (Å²) in [4.78, 5) is 0. The molecule has 0 saturated heterocycles. The van der Waals surface area contributed by atoms with Crippen molar-refractivity contribution in [3.05, 3.63) is 29.3 Å². The molecular formula is C14H23NO2. The Kier molecular flexibility index (Phi) is 5.45. The summed E-state index contributed by atoms with van der Waals surface area (Å²) >= 11 is 0. The van der Waals surface area contributed by atoms with Crippen molar-refractivity contribution < 1.29 is 9.84 Å². The molecule has 17 heavy (non-hydrogen) atoms. The number of rotatable bonds is 6. The lowest BCUT2D eigenvalue weighted by Gasteiger charge is -2.22. The molecule has 0 radical (unpaired) electrons. The van der Waals surface area contributed by atoms with Crippen LogP contribution in [-0.2, 0) is 0 Å². The second-order valence-corrected chi connectivity index (χ2v) is 4.54. The van der Waals surface area contributed by atoms with Crippen LogP contribution in [0, 0.1) is 13.8 Å². The standard InChI is InChI=1S/C14H23NO2/c1-10-6-4-7-11(2)14(10)17-12(3)13(16)8-5-9-15/h4,6-7,12-13,16H,5,8-9,15H2,1-3H3. The highest BCUT2D eigenvalue weighted by atomic mass is 16.5. The van der Waals surface area contributed by atoms with Crippen molar-refractivity contribution in [1.29, 1.82) is 0 Å². The highest BCUT2D eigenvalue weighted by Crippen LogP contribution is 2.24. The molecule has 0 heterocycles. The molecule has 1 aromatic rings. The van der Waals surface area contributed by atoms with Crippen LogP contribution in [0.15, 0.2) is 18.2 Å². The van der Waals surface area contributed by atoms with Gasteiger partial charge < -0.3 is 15.6 Å². The highest BCUT2D eigenvalue weighted by Gasteiger charge is 2.16. The van der Waals surface area contributed by atoms with Gasteiger partial charge in [-0.05, 0) is 51.3 Å². The summed E-state index contributed by atoms with van der Waals surface area (Å²) in [5, 5.41) is 9.91. The van der Waals surface area contributed by atoms with Crippen LogP contribution in [0.3, 0.4) is 0 Å². The first kappa shape index (κ1) is 14.0. The van der Waals surface area contributed by atoms with Crippen molar-refractivity contribution in [2.24, 2.45) is 5.73 Å². The zero-order valence-corrected chi connectivity index (χ0v) is 10.9. The van der Waals surface area contributed by atoms with Crippen LogP contribution in [0.25, 0.3) is 0 Å². The maximum absolute atomic E-state index is 9.91. The molecule has 2 unspecified atom stereocenters. The van der Waals surface area contributed by atoms with Crippen LogP contribution in [0.2, 0.25) is 0 Å². The van der Waals surface area contributed by atoms with Crippen molar-refractivity contribution >= 4 is 0 Å². The van der Waals surface area contributed by atoms with Crippen molar-refractivity contribution in [3.8, 4) is 5.75 Å². The molecule has 0 aliphatic rings. The Morgan fingerprint density at radius 3 is 2.41 bits per heavy atom. The Balaban J connectivity index is 2.64. The summed E-state index contributed by atoms with van der Waals surface area (Å²) < 4.78 is 5.84. The van der Waals surface area contributed by atoms with E-state index in [-0.39, 0.29) is 6.10 Å². The molecule has 3 N–H and O–H groups in total. The number of hydrogen-bond donors (Lipinski definition) is 2. The zero-order chi connectivity index (χ0) is 12.8. The second kappa shape index (κ2) is 6.62. The Bertz CT molecular complexity index is 332. The van der Waals surface area contributed by atoms with Crippen LogP contribution < -0.4 is 10.5 Å². The van der Waals surface area contributed by atoms with Gasteiger partial charge in [-0.3, -0.25) is 0 Å². The number of nitrogens with two attached hydrogens (primary N) is 1. The van der Waals surface area contributed by atoms with Gasteiger partial charge in [0, 0.05) is 0 Å². The fraction of sp³-hybridized carbons (Fsp3) is 0.571. The molecule has 96 valence electrons. The molecular weight excluding hydrogens is 214 g/mol. The number of aryl methyl sites for hydroxylation is 2. The fourth-order valence-electron chi connectivity index (χ4n) is 1.81. The third-order valence-corrected chi connectivity index (χ3v) is 2.96. The largest absolute Gasteiger partial charge is 0.487 e. The molecule has 1 aromatic carbocycles. The number of aliphatic hydroxyl groups is 1. The molecule has 3 nitrogen and oxygen atoms in total. The van der Waals surface area contributed by atoms with Crippen molar-refractivity contribution in [2.75, 3.05) is 6.54 Å². The van der Waals surface area contributed by atoms with Crippen LogP contribution in [0.5, 0.6) is 5.75 Å². The van der Waals surface area contributed by atoms with Gasteiger partial charge in [0.1, 0.15) is 11.9 Å². The van der Waals surface area contributed by atoms with Gasteiger partial charge in [-0.1, -0.05) is 18.2 Å². The molecule has 0 bridgehead atoms. The second-order valence-electron chi connectivity index (χ2n) is 4.54. The maximum atomic E-state index is 9.91. The Hall–Kier alpha value is -1.06. The first-order chi connectivity index (χ1) is 8.06. The number of para-hydroxylation sites is 1. The molecule has 2 atom stereocenters. The summed E-state index contributed by atoms with van der Waals surface area (Å²) in [6.07, 6.45) is 0.837. The first-order valence-corrected chi connectivity index (χ1v) is 6.17. The first-order valence-electron chi connectivity index (χ1n) is 6.17. The van der Waals surface area contributed by atoms with E-state index in [9.17, 15) is 5.11 Å². The minimum atomic E-state index is -0.461. The van der Waals surface area contributed by atoms with Gasteiger partial charge in [-0.2, -0.15) is 0 Å². The predicted octanol–water partition coefficient (Wildman–Crippen LogP) is 2.17. The van der Waals surface area contributed by atoms with Crippen LogP contribution in [0.1, 0.15) is 30.9 Å².